The summed E-state index contributed by atoms with van der Waals surface area (Å²) in [5.41, 5.74) is 1.55. The molecule has 6 nitrogen and oxygen atoms in total. The van der Waals surface area contributed by atoms with Crippen LogP contribution in [0.4, 0.5) is 0 Å². The van der Waals surface area contributed by atoms with Gasteiger partial charge in [0, 0.05) is 32.4 Å². The third-order valence-corrected chi connectivity index (χ3v) is 4.71. The molecule has 3 aliphatic heterocycles. The van der Waals surface area contributed by atoms with Gasteiger partial charge in [0.25, 0.3) is 5.91 Å². The summed E-state index contributed by atoms with van der Waals surface area (Å²) in [4.78, 5) is 19.9. The maximum atomic E-state index is 12.6. The molecule has 6 heteroatoms. The zero-order chi connectivity index (χ0) is 15.7. The van der Waals surface area contributed by atoms with Crippen molar-refractivity contribution in [1.82, 2.24) is 4.90 Å². The Morgan fingerprint density at radius 3 is 2.52 bits per heavy atom. The van der Waals surface area contributed by atoms with Gasteiger partial charge < -0.3 is 19.2 Å². The van der Waals surface area contributed by atoms with Crippen molar-refractivity contribution in [2.75, 3.05) is 26.3 Å². The second kappa shape index (κ2) is 5.94. The van der Waals surface area contributed by atoms with Gasteiger partial charge in [-0.15, -0.1) is 0 Å². The predicted molar refractivity (Wildman–Crippen MR) is 82.8 cm³/mol. The van der Waals surface area contributed by atoms with Gasteiger partial charge in [-0.05, 0) is 5.56 Å². The lowest BCUT2D eigenvalue weighted by atomic mass is 10.0. The zero-order valence-corrected chi connectivity index (χ0v) is 12.9. The highest BCUT2D eigenvalue weighted by atomic mass is 16.7. The van der Waals surface area contributed by atoms with Crippen molar-refractivity contribution < 1.29 is 19.1 Å². The van der Waals surface area contributed by atoms with E-state index in [0.29, 0.717) is 38.4 Å². The van der Waals surface area contributed by atoms with Crippen LogP contribution < -0.4 is 0 Å². The summed E-state index contributed by atoms with van der Waals surface area (Å²) in [5, 5.41) is 4.02. The van der Waals surface area contributed by atoms with Crippen LogP contribution in [0, 0.1) is 0 Å². The monoisotopic (exact) mass is 316 g/mol. The van der Waals surface area contributed by atoms with E-state index in [1.807, 2.05) is 35.2 Å². The molecule has 0 saturated carbocycles. The lowest BCUT2D eigenvalue weighted by Crippen LogP contribution is -2.49. The highest BCUT2D eigenvalue weighted by Crippen LogP contribution is 2.32. The summed E-state index contributed by atoms with van der Waals surface area (Å²) in [7, 11) is 0. The van der Waals surface area contributed by atoms with Crippen molar-refractivity contribution in [2.45, 2.75) is 31.2 Å². The van der Waals surface area contributed by atoms with Crippen LogP contribution in [0.3, 0.4) is 0 Å². The number of ether oxygens (including phenoxy) is 2. The fourth-order valence-electron chi connectivity index (χ4n) is 3.37. The number of carbonyl (C=O) groups excluding carboxylic acids is 1. The third kappa shape index (κ3) is 2.84. The Hall–Kier alpha value is -1.92. The maximum absolute atomic E-state index is 12.6. The second-order valence-corrected chi connectivity index (χ2v) is 6.15. The van der Waals surface area contributed by atoms with Crippen molar-refractivity contribution >= 4 is 11.6 Å². The maximum Gasteiger partial charge on any atom is 0.271 e. The molecule has 0 bridgehead atoms. The first-order valence-electron chi connectivity index (χ1n) is 8.11. The Morgan fingerprint density at radius 2 is 1.83 bits per heavy atom. The van der Waals surface area contributed by atoms with Crippen molar-refractivity contribution in [3.05, 3.63) is 35.9 Å². The van der Waals surface area contributed by atoms with E-state index in [0.717, 1.165) is 18.4 Å². The van der Waals surface area contributed by atoms with E-state index in [4.69, 9.17) is 14.3 Å². The van der Waals surface area contributed by atoms with Crippen molar-refractivity contribution in [2.24, 2.45) is 5.16 Å². The molecule has 0 aromatic heterocycles. The van der Waals surface area contributed by atoms with Gasteiger partial charge in [-0.3, -0.25) is 4.79 Å². The van der Waals surface area contributed by atoms with Crippen LogP contribution in [-0.4, -0.2) is 48.6 Å². The van der Waals surface area contributed by atoms with Crippen molar-refractivity contribution in [3.63, 3.8) is 0 Å². The molecule has 3 heterocycles. The fourth-order valence-corrected chi connectivity index (χ4v) is 3.37. The minimum atomic E-state index is -0.461. The summed E-state index contributed by atoms with van der Waals surface area (Å²) in [6.07, 6.45) is 1.80. The first kappa shape index (κ1) is 14.7. The van der Waals surface area contributed by atoms with Crippen LogP contribution in [0.1, 0.15) is 30.9 Å². The van der Waals surface area contributed by atoms with Gasteiger partial charge in [-0.1, -0.05) is 35.5 Å². The molecule has 122 valence electrons. The summed E-state index contributed by atoms with van der Waals surface area (Å²) < 4.78 is 11.4. The van der Waals surface area contributed by atoms with Crippen molar-refractivity contribution in [3.8, 4) is 0 Å². The van der Waals surface area contributed by atoms with Crippen molar-refractivity contribution in [1.29, 1.82) is 0 Å². The van der Waals surface area contributed by atoms with Gasteiger partial charge in [0.2, 0.25) is 0 Å². The number of carbonyl (C=O) groups is 1. The van der Waals surface area contributed by atoms with Crippen LogP contribution >= 0.6 is 0 Å². The van der Waals surface area contributed by atoms with Crippen LogP contribution in [0.2, 0.25) is 0 Å². The van der Waals surface area contributed by atoms with E-state index in [1.54, 1.807) is 0 Å². The van der Waals surface area contributed by atoms with Gasteiger partial charge in [0.1, 0.15) is 5.71 Å². The van der Waals surface area contributed by atoms with E-state index in [9.17, 15) is 4.79 Å². The number of hydrogen-bond acceptors (Lipinski definition) is 5. The molecule has 0 N–H and O–H groups in total. The van der Waals surface area contributed by atoms with E-state index >= 15 is 0 Å². The Labute approximate surface area is 135 Å². The number of likely N-dealkylation sites (tertiary alicyclic amines) is 1. The van der Waals surface area contributed by atoms with Crippen LogP contribution in [0.5, 0.6) is 0 Å². The third-order valence-electron chi connectivity index (χ3n) is 4.71. The molecule has 1 atom stereocenters. The molecule has 2 saturated heterocycles. The van der Waals surface area contributed by atoms with E-state index in [2.05, 4.69) is 5.16 Å². The molecule has 2 fully saturated rings. The zero-order valence-electron chi connectivity index (χ0n) is 12.9. The number of piperidine rings is 1. The molecular formula is C17H20N2O4. The molecule has 1 spiro atoms. The van der Waals surface area contributed by atoms with E-state index < -0.39 is 5.79 Å². The molecule has 1 aromatic rings. The van der Waals surface area contributed by atoms with E-state index in [1.165, 1.54) is 0 Å². The molecule has 0 aliphatic carbocycles. The minimum Gasteiger partial charge on any atom is -0.387 e. The summed E-state index contributed by atoms with van der Waals surface area (Å²) in [5.74, 6) is -0.492. The summed E-state index contributed by atoms with van der Waals surface area (Å²) in [6, 6.07) is 9.87. The number of hydrogen-bond donors (Lipinski definition) is 0. The number of rotatable bonds is 2. The topological polar surface area (TPSA) is 60.4 Å². The van der Waals surface area contributed by atoms with Crippen LogP contribution in [0.15, 0.2) is 35.5 Å². The van der Waals surface area contributed by atoms with Gasteiger partial charge in [-0.2, -0.15) is 0 Å². The first-order chi connectivity index (χ1) is 11.3. The highest BCUT2D eigenvalue weighted by molar-refractivity contribution is 6.39. The average Bonchev–Trinajstić information content (AvgIpc) is 3.26. The lowest BCUT2D eigenvalue weighted by Gasteiger charge is -2.37. The highest BCUT2D eigenvalue weighted by Gasteiger charge is 2.42. The molecule has 0 radical (unpaired) electrons. The molecule has 23 heavy (non-hydrogen) atoms. The largest absolute Gasteiger partial charge is 0.387 e. The van der Waals surface area contributed by atoms with Gasteiger partial charge >= 0.3 is 0 Å². The summed E-state index contributed by atoms with van der Waals surface area (Å²) in [6.45, 7) is 2.56. The molecule has 3 aliphatic rings. The smallest absolute Gasteiger partial charge is 0.271 e. The quantitative estimate of drug-likeness (QED) is 0.836. The molecule has 4 rings (SSSR count). The SMILES string of the molecule is O=C(C1=NOC(c2ccccc2)C1)N1CCC2(CC1)OCCO2. The Morgan fingerprint density at radius 1 is 1.13 bits per heavy atom. The Kier molecular flexibility index (Phi) is 3.79. The number of amides is 1. The molecular weight excluding hydrogens is 296 g/mol. The predicted octanol–water partition coefficient (Wildman–Crippen LogP) is 1.87. The van der Waals surface area contributed by atoms with E-state index in [-0.39, 0.29) is 12.0 Å². The fraction of sp³-hybridized carbons (Fsp3) is 0.529. The van der Waals surface area contributed by atoms with Gasteiger partial charge in [-0.25, -0.2) is 0 Å². The van der Waals surface area contributed by atoms with Gasteiger partial charge in [0.15, 0.2) is 11.9 Å². The Balaban J connectivity index is 1.35. The molecule has 1 amide bonds. The number of oxime groups is 1. The number of nitrogens with zero attached hydrogens (tertiary/aromatic N) is 2. The lowest BCUT2D eigenvalue weighted by molar-refractivity contribution is -0.186. The molecule has 1 aromatic carbocycles. The minimum absolute atomic E-state index is 0.0312. The van der Waals surface area contributed by atoms with Gasteiger partial charge in [0.05, 0.1) is 13.2 Å². The number of benzene rings is 1. The normalized spacial score (nSPS) is 26.2. The second-order valence-electron chi connectivity index (χ2n) is 6.15. The standard InChI is InChI=1S/C17H20N2O4/c20-16(19-8-6-17(7-9-19)21-10-11-22-17)14-12-15(23-18-14)13-4-2-1-3-5-13/h1-5,15H,6-12H2. The van der Waals surface area contributed by atoms with Crippen LogP contribution in [-0.2, 0) is 19.1 Å². The first-order valence-corrected chi connectivity index (χ1v) is 8.11. The molecule has 1 unspecified atom stereocenters. The Bertz CT molecular complexity index is 600. The average molecular weight is 316 g/mol. The summed E-state index contributed by atoms with van der Waals surface area (Å²) >= 11 is 0. The van der Waals surface area contributed by atoms with Crippen LogP contribution in [0.25, 0.3) is 0 Å².